The molecule has 0 aromatic heterocycles. The van der Waals surface area contributed by atoms with Gasteiger partial charge in [0.15, 0.2) is 6.29 Å². The van der Waals surface area contributed by atoms with Crippen LogP contribution in [0.3, 0.4) is 0 Å². The minimum absolute atomic E-state index is 0.0216. The molecule has 11 heteroatoms. The summed E-state index contributed by atoms with van der Waals surface area (Å²) in [4.78, 5) is 60.5. The number of carbonyl (C=O) groups excluding carboxylic acids is 5. The zero-order valence-corrected chi connectivity index (χ0v) is 20.9. The highest BCUT2D eigenvalue weighted by Crippen LogP contribution is 2.37. The topological polar surface area (TPSA) is 121 Å². The Labute approximate surface area is 208 Å². The molecule has 0 aliphatic rings. The standard InChI is InChI=1S/C25H34F3N3O5/c1-5-29-21(34)12-11-18(20(33)15-32)31-23(36)19(14-24(2,3)4)30-22(35)13-17(25(26,27)28)16-9-7-6-8-10-16/h6-10,15,17-19H,5,11-14H2,1-4H3,(H,29,34)(H,30,35)(H,31,36). The summed E-state index contributed by atoms with van der Waals surface area (Å²) in [5, 5.41) is 7.27. The van der Waals surface area contributed by atoms with Gasteiger partial charge in [-0.05, 0) is 30.7 Å². The molecule has 1 aromatic carbocycles. The fourth-order valence-electron chi connectivity index (χ4n) is 3.57. The Morgan fingerprint density at radius 3 is 2.06 bits per heavy atom. The number of aldehydes is 1. The van der Waals surface area contributed by atoms with Crippen LogP contribution in [0, 0.1) is 5.41 Å². The lowest BCUT2D eigenvalue weighted by Crippen LogP contribution is -2.53. The molecule has 0 aliphatic carbocycles. The monoisotopic (exact) mass is 513 g/mol. The number of hydrogen-bond acceptors (Lipinski definition) is 5. The van der Waals surface area contributed by atoms with Gasteiger partial charge in [-0.15, -0.1) is 0 Å². The van der Waals surface area contributed by atoms with Gasteiger partial charge in [0, 0.05) is 19.4 Å². The summed E-state index contributed by atoms with van der Waals surface area (Å²) in [5.74, 6) is -5.24. The van der Waals surface area contributed by atoms with Crippen LogP contribution >= 0.6 is 0 Å². The van der Waals surface area contributed by atoms with Crippen molar-refractivity contribution in [3.63, 3.8) is 0 Å². The second-order valence-corrected chi connectivity index (χ2v) is 9.67. The normalized spacial score (nSPS) is 14.2. The van der Waals surface area contributed by atoms with Crippen molar-refractivity contribution >= 4 is 29.8 Å². The third kappa shape index (κ3) is 11.0. The molecule has 1 aromatic rings. The molecular weight excluding hydrogens is 479 g/mol. The first kappa shape index (κ1) is 30.8. The van der Waals surface area contributed by atoms with Crippen LogP contribution in [0.25, 0.3) is 0 Å². The van der Waals surface area contributed by atoms with E-state index in [9.17, 15) is 37.1 Å². The van der Waals surface area contributed by atoms with E-state index in [1.807, 2.05) is 0 Å². The third-order valence-corrected chi connectivity index (χ3v) is 5.26. The van der Waals surface area contributed by atoms with Gasteiger partial charge >= 0.3 is 6.18 Å². The highest BCUT2D eigenvalue weighted by molar-refractivity contribution is 6.28. The van der Waals surface area contributed by atoms with Crippen LogP contribution in [0.5, 0.6) is 0 Å². The van der Waals surface area contributed by atoms with Crippen molar-refractivity contribution in [3.05, 3.63) is 35.9 Å². The smallest absolute Gasteiger partial charge is 0.356 e. The maximum Gasteiger partial charge on any atom is 0.396 e. The number of Topliss-reactive ketones (excluding diaryl/α,β-unsaturated/α-hetero) is 1. The SMILES string of the molecule is CCNC(=O)CCC(NC(=O)C(CC(C)(C)C)NC(=O)CC(c1ccccc1)C(F)(F)F)C(=O)C=O. The van der Waals surface area contributed by atoms with E-state index >= 15 is 0 Å². The first-order valence-corrected chi connectivity index (χ1v) is 11.6. The molecule has 8 nitrogen and oxygen atoms in total. The number of alkyl halides is 3. The number of carbonyl (C=O) groups is 5. The van der Waals surface area contributed by atoms with Crippen molar-refractivity contribution in [3.8, 4) is 0 Å². The van der Waals surface area contributed by atoms with Crippen LogP contribution in [0.1, 0.15) is 64.9 Å². The van der Waals surface area contributed by atoms with Crippen molar-refractivity contribution < 1.29 is 37.1 Å². The Morgan fingerprint density at radius 1 is 0.944 bits per heavy atom. The Hall–Kier alpha value is -3.24. The molecule has 0 spiro atoms. The van der Waals surface area contributed by atoms with E-state index in [-0.39, 0.29) is 37.0 Å². The summed E-state index contributed by atoms with van der Waals surface area (Å²) in [6.07, 6.45) is -5.86. The lowest BCUT2D eigenvalue weighted by molar-refractivity contribution is -0.157. The number of ketones is 1. The Bertz CT molecular complexity index is 914. The molecule has 0 bridgehead atoms. The number of hydrogen-bond donors (Lipinski definition) is 3. The van der Waals surface area contributed by atoms with Gasteiger partial charge in [-0.2, -0.15) is 13.2 Å². The fraction of sp³-hybridized carbons (Fsp3) is 0.560. The summed E-state index contributed by atoms with van der Waals surface area (Å²) >= 11 is 0. The van der Waals surface area contributed by atoms with E-state index in [1.54, 1.807) is 33.8 Å². The largest absolute Gasteiger partial charge is 0.396 e. The quantitative estimate of drug-likeness (QED) is 0.277. The molecule has 0 aliphatic heterocycles. The average molecular weight is 514 g/mol. The number of amides is 3. The molecule has 3 N–H and O–H groups in total. The maximum absolute atomic E-state index is 13.7. The molecule has 0 radical (unpaired) electrons. The summed E-state index contributed by atoms with van der Waals surface area (Å²) < 4.78 is 41.0. The second kappa shape index (κ2) is 13.7. The average Bonchev–Trinajstić information content (AvgIpc) is 2.78. The van der Waals surface area contributed by atoms with Gasteiger partial charge in [0.1, 0.15) is 6.04 Å². The number of benzene rings is 1. The third-order valence-electron chi connectivity index (χ3n) is 5.26. The zero-order valence-electron chi connectivity index (χ0n) is 20.9. The van der Waals surface area contributed by atoms with Crippen LogP contribution in [-0.2, 0) is 24.0 Å². The maximum atomic E-state index is 13.7. The molecule has 36 heavy (non-hydrogen) atoms. The lowest BCUT2D eigenvalue weighted by Gasteiger charge is -2.28. The molecule has 200 valence electrons. The van der Waals surface area contributed by atoms with Gasteiger partial charge in [0.2, 0.25) is 23.5 Å². The Morgan fingerprint density at radius 2 is 1.56 bits per heavy atom. The molecule has 0 saturated carbocycles. The van der Waals surface area contributed by atoms with Crippen molar-refractivity contribution in [2.45, 2.75) is 77.6 Å². The highest BCUT2D eigenvalue weighted by atomic mass is 19.4. The Balaban J connectivity index is 3.05. The van der Waals surface area contributed by atoms with Crippen LogP contribution in [0.4, 0.5) is 13.2 Å². The van der Waals surface area contributed by atoms with E-state index < -0.39 is 53.6 Å². The highest BCUT2D eigenvalue weighted by Gasteiger charge is 2.42. The second-order valence-electron chi connectivity index (χ2n) is 9.67. The molecule has 3 unspecified atom stereocenters. The minimum Gasteiger partial charge on any atom is -0.356 e. The van der Waals surface area contributed by atoms with Crippen molar-refractivity contribution in [2.75, 3.05) is 6.54 Å². The zero-order chi connectivity index (χ0) is 27.5. The molecule has 0 heterocycles. The van der Waals surface area contributed by atoms with Crippen molar-refractivity contribution in [1.29, 1.82) is 0 Å². The van der Waals surface area contributed by atoms with Crippen molar-refractivity contribution in [2.24, 2.45) is 5.41 Å². The summed E-state index contributed by atoms with van der Waals surface area (Å²) in [6, 6.07) is 4.39. The number of halogens is 3. The van der Waals surface area contributed by atoms with Gasteiger partial charge in [-0.3, -0.25) is 24.0 Å². The fourth-order valence-corrected chi connectivity index (χ4v) is 3.57. The Kier molecular flexibility index (Phi) is 11.8. The number of rotatable bonds is 13. The van der Waals surface area contributed by atoms with E-state index in [1.165, 1.54) is 24.3 Å². The van der Waals surface area contributed by atoms with Gasteiger partial charge in [-0.25, -0.2) is 0 Å². The van der Waals surface area contributed by atoms with E-state index in [2.05, 4.69) is 16.0 Å². The lowest BCUT2D eigenvalue weighted by atomic mass is 9.87. The molecular formula is C25H34F3N3O5. The van der Waals surface area contributed by atoms with Crippen LogP contribution in [0.2, 0.25) is 0 Å². The molecule has 0 fully saturated rings. The minimum atomic E-state index is -4.69. The summed E-state index contributed by atoms with van der Waals surface area (Å²) in [6.45, 7) is 7.37. The summed E-state index contributed by atoms with van der Waals surface area (Å²) in [5.41, 5.74) is -0.609. The van der Waals surface area contributed by atoms with Gasteiger partial charge in [-0.1, -0.05) is 51.1 Å². The van der Waals surface area contributed by atoms with Crippen LogP contribution < -0.4 is 16.0 Å². The van der Waals surface area contributed by atoms with E-state index in [4.69, 9.17) is 0 Å². The van der Waals surface area contributed by atoms with Crippen molar-refractivity contribution in [1.82, 2.24) is 16.0 Å². The van der Waals surface area contributed by atoms with Gasteiger partial charge in [0.05, 0.1) is 12.0 Å². The van der Waals surface area contributed by atoms with E-state index in [0.717, 1.165) is 0 Å². The number of nitrogens with one attached hydrogen (secondary N) is 3. The molecule has 1 rings (SSSR count). The van der Waals surface area contributed by atoms with E-state index in [0.29, 0.717) is 6.54 Å². The first-order chi connectivity index (χ1) is 16.7. The van der Waals surface area contributed by atoms with Crippen LogP contribution in [-0.4, -0.2) is 54.6 Å². The molecule has 3 amide bonds. The van der Waals surface area contributed by atoms with Gasteiger partial charge in [0.25, 0.3) is 0 Å². The van der Waals surface area contributed by atoms with Gasteiger partial charge < -0.3 is 16.0 Å². The predicted octanol–water partition coefficient (Wildman–Crippen LogP) is 2.81. The first-order valence-electron chi connectivity index (χ1n) is 11.6. The molecule has 3 atom stereocenters. The molecule has 0 saturated heterocycles. The van der Waals surface area contributed by atoms with Crippen LogP contribution in [0.15, 0.2) is 30.3 Å². The summed E-state index contributed by atoms with van der Waals surface area (Å²) in [7, 11) is 0. The predicted molar refractivity (Wildman–Crippen MR) is 127 cm³/mol.